The van der Waals surface area contributed by atoms with Crippen LogP contribution in [0.3, 0.4) is 0 Å². The van der Waals surface area contributed by atoms with E-state index in [0.29, 0.717) is 17.9 Å². The van der Waals surface area contributed by atoms with Gasteiger partial charge in [-0.1, -0.05) is 32.0 Å². The zero-order chi connectivity index (χ0) is 29.1. The molecular formula is C27H32FN9O4. The summed E-state index contributed by atoms with van der Waals surface area (Å²) in [4.78, 5) is 31.3. The number of guanidine groups is 2. The maximum Gasteiger partial charge on any atom is 0.270 e. The van der Waals surface area contributed by atoms with E-state index in [-0.39, 0.29) is 36.1 Å². The summed E-state index contributed by atoms with van der Waals surface area (Å²) in [7, 11) is 0. The van der Waals surface area contributed by atoms with Crippen molar-refractivity contribution in [2.24, 2.45) is 0 Å². The Morgan fingerprint density at radius 2 is 1.98 bits per heavy atom. The minimum atomic E-state index is -1.35. The Morgan fingerprint density at radius 3 is 2.76 bits per heavy atom. The van der Waals surface area contributed by atoms with Gasteiger partial charge in [0.25, 0.3) is 11.8 Å². The van der Waals surface area contributed by atoms with E-state index < -0.39 is 47.7 Å². The predicted octanol–water partition coefficient (Wildman–Crippen LogP) is -0.415. The molecule has 0 saturated carbocycles. The molecule has 4 aliphatic heterocycles. The van der Waals surface area contributed by atoms with Crippen LogP contribution < -0.4 is 31.3 Å². The van der Waals surface area contributed by atoms with Gasteiger partial charge in [0.05, 0.1) is 30.3 Å². The van der Waals surface area contributed by atoms with Crippen molar-refractivity contribution in [3.63, 3.8) is 0 Å². The van der Waals surface area contributed by atoms with E-state index in [1.807, 2.05) is 12.1 Å². The van der Waals surface area contributed by atoms with Gasteiger partial charge in [0.15, 0.2) is 17.6 Å². The van der Waals surface area contributed by atoms with E-state index in [2.05, 4.69) is 45.4 Å². The van der Waals surface area contributed by atoms with Gasteiger partial charge < -0.3 is 41.3 Å². The molecule has 5 heterocycles. The normalized spacial score (nSPS) is 29.1. The molecule has 3 fully saturated rings. The summed E-state index contributed by atoms with van der Waals surface area (Å²) < 4.78 is 19.4. The molecule has 216 valence electrons. The quantitative estimate of drug-likeness (QED) is 0.223. The summed E-state index contributed by atoms with van der Waals surface area (Å²) in [5.41, 5.74) is -0.292. The minimum absolute atomic E-state index is 0.0192. The lowest BCUT2D eigenvalue weighted by Crippen LogP contribution is -2.78. The first-order valence-electron chi connectivity index (χ1n) is 13.4. The molecular weight excluding hydrogens is 533 g/mol. The van der Waals surface area contributed by atoms with Crippen LogP contribution in [0.25, 0.3) is 0 Å². The van der Waals surface area contributed by atoms with Gasteiger partial charge in [-0.2, -0.15) is 4.39 Å². The number of amides is 2. The van der Waals surface area contributed by atoms with Gasteiger partial charge in [0.2, 0.25) is 5.95 Å². The van der Waals surface area contributed by atoms with E-state index in [0.717, 1.165) is 18.1 Å². The molecule has 2 unspecified atom stereocenters. The molecule has 0 aliphatic carbocycles. The maximum absolute atomic E-state index is 13.5. The topological polar surface area (TPSA) is 188 Å². The van der Waals surface area contributed by atoms with Crippen molar-refractivity contribution in [3.8, 4) is 5.75 Å². The fourth-order valence-corrected chi connectivity index (χ4v) is 6.32. The highest BCUT2D eigenvalue weighted by molar-refractivity contribution is 5.98. The van der Waals surface area contributed by atoms with Crippen molar-refractivity contribution in [3.05, 3.63) is 59.2 Å². The maximum atomic E-state index is 13.5. The van der Waals surface area contributed by atoms with E-state index in [4.69, 9.17) is 15.6 Å². The number of benzene rings is 1. The Hall–Kier alpha value is -4.46. The average Bonchev–Trinajstić information content (AvgIpc) is 3.43. The third kappa shape index (κ3) is 4.29. The zero-order valence-corrected chi connectivity index (χ0v) is 22.5. The Balaban J connectivity index is 1.22. The molecule has 2 amide bonds. The van der Waals surface area contributed by atoms with Crippen LogP contribution in [0, 0.1) is 16.8 Å². The number of fused-ring (bicyclic) bond motifs is 1. The van der Waals surface area contributed by atoms with Crippen LogP contribution in [0.4, 0.5) is 4.39 Å². The molecule has 0 radical (unpaired) electrons. The number of halogens is 1. The first-order valence-corrected chi connectivity index (χ1v) is 13.4. The summed E-state index contributed by atoms with van der Waals surface area (Å²) in [6.45, 7) is 4.77. The Labute approximate surface area is 235 Å². The molecule has 8 N–H and O–H groups in total. The van der Waals surface area contributed by atoms with Crippen molar-refractivity contribution in [1.29, 1.82) is 10.8 Å². The van der Waals surface area contributed by atoms with Crippen LogP contribution in [0.1, 0.15) is 46.7 Å². The number of carbonyl (C=O) groups excluding carboxylic acids is 2. The van der Waals surface area contributed by atoms with Crippen molar-refractivity contribution in [1.82, 2.24) is 36.5 Å². The highest BCUT2D eigenvalue weighted by Gasteiger charge is 2.66. The molecule has 6 rings (SSSR count). The van der Waals surface area contributed by atoms with Crippen LogP contribution in [-0.4, -0.2) is 88.3 Å². The molecule has 1 aromatic heterocycles. The number of aliphatic hydroxyl groups is 1. The van der Waals surface area contributed by atoms with Crippen molar-refractivity contribution in [2.75, 3.05) is 19.7 Å². The summed E-state index contributed by atoms with van der Waals surface area (Å²) >= 11 is 0. The van der Waals surface area contributed by atoms with Crippen LogP contribution in [0.15, 0.2) is 36.4 Å². The van der Waals surface area contributed by atoms with Crippen molar-refractivity contribution >= 4 is 23.7 Å². The minimum Gasteiger partial charge on any atom is -0.492 e. The number of rotatable bonds is 5. The van der Waals surface area contributed by atoms with Crippen LogP contribution in [0.5, 0.6) is 5.75 Å². The molecule has 13 nitrogen and oxygen atoms in total. The highest BCUT2D eigenvalue weighted by Crippen LogP contribution is 2.41. The standard InChI is InChI=1S/C27H32FN9O4/c1-26(2)9-10-41-19-13(5-3-6-14(19)26)22(39)33-17-12-37-25(30)34-16(20-27(37,21(17)38)36-24(29)35-20)11-31-23(40)15-7-4-8-18(28)32-15/h3-8,16-17,20-21,38H,9-12H2,1-2H3,(H2,30,34)(H,31,40)(H,33,39)(H3,29,35,36)/t16-,17?,20-,21+,27?/m0/s1. The number of aromatic nitrogens is 1. The van der Waals surface area contributed by atoms with Gasteiger partial charge in [-0.3, -0.25) is 20.4 Å². The third-order valence-electron chi connectivity index (χ3n) is 8.46. The number of aliphatic hydroxyl groups excluding tert-OH is 1. The average molecular weight is 566 g/mol. The first-order chi connectivity index (χ1) is 19.5. The Bertz CT molecular complexity index is 1450. The summed E-state index contributed by atoms with van der Waals surface area (Å²) in [5, 5.41) is 43.3. The molecule has 0 bridgehead atoms. The van der Waals surface area contributed by atoms with Gasteiger partial charge in [-0.15, -0.1) is 0 Å². The van der Waals surface area contributed by atoms with Gasteiger partial charge in [-0.25, -0.2) is 4.98 Å². The molecule has 3 saturated heterocycles. The monoisotopic (exact) mass is 565 g/mol. The number of nitrogens with zero attached hydrogens (tertiary/aromatic N) is 2. The van der Waals surface area contributed by atoms with E-state index in [1.165, 1.54) is 12.1 Å². The Morgan fingerprint density at radius 1 is 1.20 bits per heavy atom. The number of carbonyl (C=O) groups is 2. The number of hydrogen-bond donors (Lipinski definition) is 8. The zero-order valence-electron chi connectivity index (χ0n) is 22.5. The van der Waals surface area contributed by atoms with E-state index in [9.17, 15) is 19.1 Å². The van der Waals surface area contributed by atoms with Crippen molar-refractivity contribution < 1.29 is 23.8 Å². The molecule has 4 aliphatic rings. The smallest absolute Gasteiger partial charge is 0.270 e. The number of hydrogen-bond acceptors (Lipinski definition) is 7. The third-order valence-corrected chi connectivity index (χ3v) is 8.46. The summed E-state index contributed by atoms with van der Waals surface area (Å²) in [5.74, 6) is -1.39. The molecule has 1 spiro atoms. The van der Waals surface area contributed by atoms with Gasteiger partial charge in [-0.05, 0) is 30.0 Å². The number of nitrogens with one attached hydrogen (secondary N) is 7. The number of pyridine rings is 1. The number of para-hydroxylation sites is 1. The predicted molar refractivity (Wildman–Crippen MR) is 145 cm³/mol. The molecule has 1 aromatic carbocycles. The second-order valence-corrected chi connectivity index (χ2v) is 11.4. The van der Waals surface area contributed by atoms with Crippen LogP contribution in [-0.2, 0) is 5.41 Å². The molecule has 2 aromatic rings. The fraction of sp³-hybridized carbons (Fsp3) is 0.444. The Kier molecular flexibility index (Phi) is 6.25. The summed E-state index contributed by atoms with van der Waals surface area (Å²) in [6, 6.07) is 7.22. The second-order valence-electron chi connectivity index (χ2n) is 11.4. The molecule has 5 atom stereocenters. The second kappa shape index (κ2) is 9.58. The van der Waals surface area contributed by atoms with E-state index in [1.54, 1.807) is 11.0 Å². The van der Waals surface area contributed by atoms with Gasteiger partial charge >= 0.3 is 0 Å². The summed E-state index contributed by atoms with van der Waals surface area (Å²) in [6.07, 6.45) is -0.417. The highest BCUT2D eigenvalue weighted by atomic mass is 19.1. The largest absolute Gasteiger partial charge is 0.492 e. The van der Waals surface area contributed by atoms with Crippen molar-refractivity contribution in [2.45, 2.75) is 55.6 Å². The number of ether oxygens (including phenoxy) is 1. The van der Waals surface area contributed by atoms with Crippen LogP contribution in [0.2, 0.25) is 0 Å². The lowest BCUT2D eigenvalue weighted by atomic mass is 9.79. The SMILES string of the molecule is CC1(C)CCOc2c(C(=O)NC3CN4C(=N)N[C@@H](CNC(=O)c5cccc(F)n5)[C@@H]5NC(=N)NC54[C@@H]3O)cccc21. The molecule has 41 heavy (non-hydrogen) atoms. The first kappa shape index (κ1) is 26.7. The lowest BCUT2D eigenvalue weighted by Gasteiger charge is -2.49. The fourth-order valence-electron chi connectivity index (χ4n) is 6.32. The van der Waals surface area contributed by atoms with Gasteiger partial charge in [0, 0.05) is 18.7 Å². The molecule has 14 heteroatoms. The lowest BCUT2D eigenvalue weighted by molar-refractivity contribution is 0.00611. The van der Waals surface area contributed by atoms with Crippen LogP contribution >= 0.6 is 0 Å². The van der Waals surface area contributed by atoms with E-state index >= 15 is 0 Å². The van der Waals surface area contributed by atoms with Gasteiger partial charge in [0.1, 0.15) is 17.5 Å².